The molecule has 1 aromatic heterocycles. The van der Waals surface area contributed by atoms with Crippen molar-refractivity contribution in [1.82, 2.24) is 9.97 Å². The molecule has 0 aliphatic rings. The number of aromatic nitrogens is 2. The first-order valence-corrected chi connectivity index (χ1v) is 6.11. The molecule has 5 heteroatoms. The average Bonchev–Trinajstić information content (AvgIpc) is 2.35. The third-order valence-corrected chi connectivity index (χ3v) is 2.91. The van der Waals surface area contributed by atoms with E-state index >= 15 is 0 Å². The smallest absolute Gasteiger partial charge is 0.230 e. The number of rotatable bonds is 4. The van der Waals surface area contributed by atoms with Gasteiger partial charge in [0.2, 0.25) is 5.95 Å². The summed E-state index contributed by atoms with van der Waals surface area (Å²) in [6, 6.07) is 9.57. The van der Waals surface area contributed by atoms with E-state index in [-0.39, 0.29) is 0 Å². The van der Waals surface area contributed by atoms with E-state index in [2.05, 4.69) is 21.9 Å². The molecule has 3 nitrogen and oxygen atoms in total. The highest BCUT2D eigenvalue weighted by Gasteiger charge is 2.10. The molecule has 1 heterocycles. The zero-order valence-electron chi connectivity index (χ0n) is 9.53. The van der Waals surface area contributed by atoms with Gasteiger partial charge >= 0.3 is 0 Å². The Morgan fingerprint density at radius 1 is 1.11 bits per heavy atom. The molecule has 0 saturated carbocycles. The first-order valence-electron chi connectivity index (χ1n) is 5.35. The van der Waals surface area contributed by atoms with Crippen LogP contribution in [0.15, 0.2) is 43.0 Å². The van der Waals surface area contributed by atoms with Crippen molar-refractivity contribution < 1.29 is 0 Å². The number of nitrogens with one attached hydrogen (secondary N) is 1. The topological polar surface area (TPSA) is 37.8 Å². The van der Waals surface area contributed by atoms with E-state index in [0.717, 1.165) is 5.69 Å². The van der Waals surface area contributed by atoms with Gasteiger partial charge in [0.05, 0.1) is 0 Å². The van der Waals surface area contributed by atoms with Gasteiger partial charge in [-0.1, -0.05) is 47.5 Å². The molecule has 0 radical (unpaired) electrons. The van der Waals surface area contributed by atoms with Crippen LogP contribution < -0.4 is 5.32 Å². The molecule has 0 unspecified atom stereocenters. The molecule has 2 aromatic rings. The summed E-state index contributed by atoms with van der Waals surface area (Å²) in [5, 5.41) is 3.72. The van der Waals surface area contributed by atoms with Crippen LogP contribution in [0.1, 0.15) is 5.56 Å². The van der Waals surface area contributed by atoms with Crippen LogP contribution in [0.2, 0.25) is 10.3 Å². The van der Waals surface area contributed by atoms with Gasteiger partial charge in [-0.2, -0.15) is 0 Å². The van der Waals surface area contributed by atoms with Gasteiger partial charge in [-0.05, 0) is 18.6 Å². The molecular formula is C13H11Cl2N3. The summed E-state index contributed by atoms with van der Waals surface area (Å²) in [4.78, 5) is 8.32. The summed E-state index contributed by atoms with van der Waals surface area (Å²) >= 11 is 12.1. The minimum atomic E-state index is 0.341. The first-order chi connectivity index (χ1) is 8.70. The predicted octanol–water partition coefficient (Wildman–Crippen LogP) is 4.26. The van der Waals surface area contributed by atoms with Crippen molar-refractivity contribution in [2.75, 3.05) is 5.32 Å². The van der Waals surface area contributed by atoms with Gasteiger partial charge in [-0.25, -0.2) is 9.97 Å². The molecule has 18 heavy (non-hydrogen) atoms. The number of benzene rings is 1. The SMILES string of the molecule is C=CCc1c(Cl)nc(Nc2ccccc2)nc1Cl. The Labute approximate surface area is 115 Å². The van der Waals surface area contributed by atoms with Gasteiger partial charge < -0.3 is 5.32 Å². The lowest BCUT2D eigenvalue weighted by molar-refractivity contribution is 1.10. The molecule has 1 aromatic carbocycles. The average molecular weight is 280 g/mol. The molecule has 0 aliphatic heterocycles. The van der Waals surface area contributed by atoms with Crippen molar-refractivity contribution in [3.8, 4) is 0 Å². The first kappa shape index (κ1) is 12.9. The van der Waals surface area contributed by atoms with Gasteiger partial charge in [0.1, 0.15) is 10.3 Å². The normalized spacial score (nSPS) is 10.1. The molecule has 0 fully saturated rings. The third-order valence-electron chi connectivity index (χ3n) is 2.28. The predicted molar refractivity (Wildman–Crippen MR) is 75.7 cm³/mol. The number of para-hydroxylation sites is 1. The number of hydrogen-bond acceptors (Lipinski definition) is 3. The maximum absolute atomic E-state index is 6.06. The molecular weight excluding hydrogens is 269 g/mol. The molecule has 0 amide bonds. The zero-order valence-corrected chi connectivity index (χ0v) is 11.0. The monoisotopic (exact) mass is 279 g/mol. The molecule has 2 rings (SSSR count). The van der Waals surface area contributed by atoms with E-state index in [4.69, 9.17) is 23.2 Å². The van der Waals surface area contributed by atoms with Crippen LogP contribution in [0.4, 0.5) is 11.6 Å². The van der Waals surface area contributed by atoms with Gasteiger partial charge in [0, 0.05) is 11.3 Å². The fraction of sp³-hybridized carbons (Fsp3) is 0.0769. The Morgan fingerprint density at radius 3 is 2.28 bits per heavy atom. The van der Waals surface area contributed by atoms with Crippen LogP contribution in [-0.4, -0.2) is 9.97 Å². The molecule has 0 bridgehead atoms. The second kappa shape index (κ2) is 5.85. The van der Waals surface area contributed by atoms with Crippen LogP contribution >= 0.6 is 23.2 Å². The second-order valence-corrected chi connectivity index (χ2v) is 4.31. The van der Waals surface area contributed by atoms with Crippen LogP contribution in [0.3, 0.4) is 0 Å². The van der Waals surface area contributed by atoms with E-state index in [1.165, 1.54) is 0 Å². The Kier molecular flexibility index (Phi) is 4.18. The van der Waals surface area contributed by atoms with Crippen molar-refractivity contribution in [2.24, 2.45) is 0 Å². The van der Waals surface area contributed by atoms with E-state index in [1.54, 1.807) is 6.08 Å². The number of allylic oxidation sites excluding steroid dienone is 1. The fourth-order valence-corrected chi connectivity index (χ4v) is 1.99. The van der Waals surface area contributed by atoms with Gasteiger partial charge in [0.25, 0.3) is 0 Å². The second-order valence-electron chi connectivity index (χ2n) is 3.59. The maximum Gasteiger partial charge on any atom is 0.230 e. The number of anilines is 2. The van der Waals surface area contributed by atoms with Crippen molar-refractivity contribution in [3.05, 3.63) is 58.9 Å². The molecule has 0 spiro atoms. The van der Waals surface area contributed by atoms with Gasteiger partial charge in [-0.15, -0.1) is 6.58 Å². The molecule has 0 saturated heterocycles. The summed E-state index contributed by atoms with van der Waals surface area (Å²) in [5.74, 6) is 0.379. The molecule has 0 aliphatic carbocycles. The minimum absolute atomic E-state index is 0.341. The number of hydrogen-bond donors (Lipinski definition) is 1. The summed E-state index contributed by atoms with van der Waals surface area (Å²) in [6.07, 6.45) is 2.25. The van der Waals surface area contributed by atoms with Crippen molar-refractivity contribution >= 4 is 34.8 Å². The van der Waals surface area contributed by atoms with Gasteiger partial charge in [0.15, 0.2) is 0 Å². The summed E-state index contributed by atoms with van der Waals surface area (Å²) in [6.45, 7) is 3.64. The Morgan fingerprint density at radius 2 is 1.72 bits per heavy atom. The number of nitrogens with zero attached hydrogens (tertiary/aromatic N) is 2. The standard InChI is InChI=1S/C13H11Cl2N3/c1-2-6-10-11(14)17-13(18-12(10)15)16-9-7-4-3-5-8-9/h2-5,7-8H,1,6H2,(H,16,17,18). The van der Waals surface area contributed by atoms with Crippen LogP contribution in [0.5, 0.6) is 0 Å². The Balaban J connectivity index is 2.28. The highest BCUT2D eigenvalue weighted by Crippen LogP contribution is 2.24. The Bertz CT molecular complexity index is 532. The largest absolute Gasteiger partial charge is 0.324 e. The number of halogens is 2. The maximum atomic E-state index is 6.06. The van der Waals surface area contributed by atoms with E-state index < -0.39 is 0 Å². The van der Waals surface area contributed by atoms with Crippen LogP contribution in [-0.2, 0) is 6.42 Å². The molecule has 0 atom stereocenters. The van der Waals surface area contributed by atoms with E-state index in [1.807, 2.05) is 30.3 Å². The highest BCUT2D eigenvalue weighted by atomic mass is 35.5. The highest BCUT2D eigenvalue weighted by molar-refractivity contribution is 6.34. The third kappa shape index (κ3) is 3.00. The summed E-state index contributed by atoms with van der Waals surface area (Å²) in [7, 11) is 0. The van der Waals surface area contributed by atoms with E-state index in [9.17, 15) is 0 Å². The zero-order chi connectivity index (χ0) is 13.0. The summed E-state index contributed by atoms with van der Waals surface area (Å²) < 4.78 is 0. The summed E-state index contributed by atoms with van der Waals surface area (Å²) in [5.41, 5.74) is 1.56. The molecule has 92 valence electrons. The van der Waals surface area contributed by atoms with Crippen molar-refractivity contribution in [2.45, 2.75) is 6.42 Å². The lowest BCUT2D eigenvalue weighted by Crippen LogP contribution is -2.00. The fourth-order valence-electron chi connectivity index (χ4n) is 1.45. The van der Waals surface area contributed by atoms with E-state index in [0.29, 0.717) is 28.2 Å². The van der Waals surface area contributed by atoms with Crippen LogP contribution in [0.25, 0.3) is 0 Å². The van der Waals surface area contributed by atoms with Crippen molar-refractivity contribution in [3.63, 3.8) is 0 Å². The van der Waals surface area contributed by atoms with Crippen molar-refractivity contribution in [1.29, 1.82) is 0 Å². The quantitative estimate of drug-likeness (QED) is 0.671. The lowest BCUT2D eigenvalue weighted by Gasteiger charge is -2.08. The molecule has 1 N–H and O–H groups in total. The Hall–Kier alpha value is -1.58. The lowest BCUT2D eigenvalue weighted by atomic mass is 10.2. The van der Waals surface area contributed by atoms with Crippen LogP contribution in [0, 0.1) is 0 Å². The minimum Gasteiger partial charge on any atom is -0.324 e. The van der Waals surface area contributed by atoms with Gasteiger partial charge in [-0.3, -0.25) is 0 Å².